The van der Waals surface area contributed by atoms with Gasteiger partial charge in [0.15, 0.2) is 0 Å². The van der Waals surface area contributed by atoms with Crippen LogP contribution in [0.1, 0.15) is 51.0 Å². The van der Waals surface area contributed by atoms with Gasteiger partial charge in [0.05, 0.1) is 16.8 Å². The molecule has 2 aromatic rings. The normalized spacial score (nSPS) is 15.5. The van der Waals surface area contributed by atoms with Gasteiger partial charge in [0.2, 0.25) is 0 Å². The lowest BCUT2D eigenvalue weighted by Crippen LogP contribution is -2.16. The number of hydrogen-bond acceptors (Lipinski definition) is 4. The third-order valence-electron chi connectivity index (χ3n) is 4.58. The van der Waals surface area contributed by atoms with Gasteiger partial charge in [-0.05, 0) is 48.6 Å². The average Bonchev–Trinajstić information content (AvgIpc) is 3.09. The highest BCUT2D eigenvalue weighted by Crippen LogP contribution is 2.23. The fraction of sp³-hybridized carbons (Fsp3) is 0.421. The molecule has 5 nitrogen and oxygen atoms in total. The van der Waals surface area contributed by atoms with Crippen LogP contribution in [0.25, 0.3) is 0 Å². The summed E-state index contributed by atoms with van der Waals surface area (Å²) >= 11 is 0. The monoisotopic (exact) mass is 359 g/mol. The highest BCUT2D eigenvalue weighted by Gasteiger charge is 2.16. The second-order valence-electron chi connectivity index (χ2n) is 6.89. The molecule has 25 heavy (non-hydrogen) atoms. The Morgan fingerprint density at radius 1 is 1.04 bits per heavy atom. The van der Waals surface area contributed by atoms with Crippen LogP contribution in [0, 0.1) is 0 Å². The van der Waals surface area contributed by atoms with Crippen LogP contribution in [0.15, 0.2) is 47.5 Å². The van der Waals surface area contributed by atoms with Crippen molar-refractivity contribution < 1.29 is 8.42 Å². The smallest absolute Gasteiger partial charge is 0.261 e. The summed E-state index contributed by atoms with van der Waals surface area (Å²) in [5.74, 6) is 1.16. The molecule has 2 N–H and O–H groups in total. The van der Waals surface area contributed by atoms with E-state index < -0.39 is 10.0 Å². The summed E-state index contributed by atoms with van der Waals surface area (Å²) in [6.45, 7) is 4.16. The lowest BCUT2D eigenvalue weighted by atomic mass is 10.0. The molecular weight excluding hydrogens is 334 g/mol. The molecule has 134 valence electrons. The molecule has 1 fully saturated rings. The second kappa shape index (κ2) is 7.44. The van der Waals surface area contributed by atoms with Crippen LogP contribution in [-0.4, -0.2) is 19.4 Å². The topological polar surface area (TPSA) is 71.1 Å². The van der Waals surface area contributed by atoms with Gasteiger partial charge in [-0.3, -0.25) is 4.72 Å². The molecule has 0 atom stereocenters. The summed E-state index contributed by atoms with van der Waals surface area (Å²) in [6, 6.07) is 11.0. The Balaban J connectivity index is 1.67. The van der Waals surface area contributed by atoms with Crippen LogP contribution >= 0.6 is 0 Å². The summed E-state index contributed by atoms with van der Waals surface area (Å²) < 4.78 is 27.6. The molecule has 1 aromatic heterocycles. The van der Waals surface area contributed by atoms with E-state index in [0.29, 0.717) is 17.6 Å². The van der Waals surface area contributed by atoms with Gasteiger partial charge in [-0.15, -0.1) is 0 Å². The van der Waals surface area contributed by atoms with Crippen molar-refractivity contribution in [1.29, 1.82) is 0 Å². The Hall–Kier alpha value is -2.08. The van der Waals surface area contributed by atoms with Gasteiger partial charge < -0.3 is 5.32 Å². The first-order chi connectivity index (χ1) is 11.9. The van der Waals surface area contributed by atoms with E-state index >= 15 is 0 Å². The zero-order chi connectivity index (χ0) is 17.9. The fourth-order valence-electron chi connectivity index (χ4n) is 3.06. The maximum Gasteiger partial charge on any atom is 0.261 e. The van der Waals surface area contributed by atoms with Gasteiger partial charge in [-0.2, -0.15) is 0 Å². The van der Waals surface area contributed by atoms with Crippen LogP contribution in [-0.2, 0) is 10.0 Å². The zero-order valence-corrected chi connectivity index (χ0v) is 15.5. The van der Waals surface area contributed by atoms with Crippen molar-refractivity contribution in [2.45, 2.75) is 56.4 Å². The van der Waals surface area contributed by atoms with Crippen molar-refractivity contribution in [3.8, 4) is 0 Å². The number of nitrogens with zero attached hydrogens (tertiary/aromatic N) is 1. The molecule has 1 heterocycles. The van der Waals surface area contributed by atoms with Gasteiger partial charge in [0.25, 0.3) is 10.0 Å². The number of nitrogens with one attached hydrogen (secondary N) is 2. The molecule has 0 aliphatic heterocycles. The number of anilines is 2. The zero-order valence-electron chi connectivity index (χ0n) is 14.7. The molecule has 0 amide bonds. The number of rotatable bonds is 6. The van der Waals surface area contributed by atoms with Crippen molar-refractivity contribution in [1.82, 2.24) is 4.98 Å². The van der Waals surface area contributed by atoms with E-state index in [-0.39, 0.29) is 4.90 Å². The number of aromatic nitrogens is 1. The molecule has 0 radical (unpaired) electrons. The maximum atomic E-state index is 12.5. The van der Waals surface area contributed by atoms with Gasteiger partial charge >= 0.3 is 0 Å². The fourth-order valence-corrected chi connectivity index (χ4v) is 4.11. The SMILES string of the molecule is CC(C)c1ccc(S(=O)(=O)Nc2ccc(NC3CCCC3)nc2)cc1. The Bertz CT molecular complexity index is 794. The van der Waals surface area contributed by atoms with Crippen molar-refractivity contribution in [3.63, 3.8) is 0 Å². The quantitative estimate of drug-likeness (QED) is 0.804. The number of benzene rings is 1. The van der Waals surface area contributed by atoms with Crippen molar-refractivity contribution in [3.05, 3.63) is 48.2 Å². The van der Waals surface area contributed by atoms with Crippen molar-refractivity contribution in [2.24, 2.45) is 0 Å². The minimum absolute atomic E-state index is 0.255. The van der Waals surface area contributed by atoms with Gasteiger partial charge in [-0.1, -0.05) is 38.8 Å². The van der Waals surface area contributed by atoms with Gasteiger partial charge in [0.1, 0.15) is 5.82 Å². The molecule has 0 saturated heterocycles. The summed E-state index contributed by atoms with van der Waals surface area (Å²) in [5.41, 5.74) is 1.58. The molecular formula is C19H25N3O2S. The lowest BCUT2D eigenvalue weighted by Gasteiger charge is -2.13. The van der Waals surface area contributed by atoms with Crippen LogP contribution in [0.2, 0.25) is 0 Å². The molecule has 1 aliphatic carbocycles. The van der Waals surface area contributed by atoms with Crippen LogP contribution < -0.4 is 10.0 Å². The van der Waals surface area contributed by atoms with E-state index in [1.165, 1.54) is 25.7 Å². The first-order valence-corrected chi connectivity index (χ1v) is 10.3. The predicted octanol–water partition coefficient (Wildman–Crippen LogP) is 4.36. The van der Waals surface area contributed by atoms with Crippen molar-refractivity contribution in [2.75, 3.05) is 10.0 Å². The summed E-state index contributed by atoms with van der Waals surface area (Å²) in [7, 11) is -3.60. The summed E-state index contributed by atoms with van der Waals surface area (Å²) in [4.78, 5) is 4.57. The minimum Gasteiger partial charge on any atom is -0.367 e. The average molecular weight is 359 g/mol. The number of hydrogen-bond donors (Lipinski definition) is 2. The highest BCUT2D eigenvalue weighted by molar-refractivity contribution is 7.92. The number of pyridine rings is 1. The highest BCUT2D eigenvalue weighted by atomic mass is 32.2. The van der Waals surface area contributed by atoms with E-state index in [0.717, 1.165) is 11.4 Å². The Kier molecular flexibility index (Phi) is 5.27. The molecule has 6 heteroatoms. The van der Waals surface area contributed by atoms with Crippen LogP contribution in [0.5, 0.6) is 0 Å². The van der Waals surface area contributed by atoms with E-state index in [4.69, 9.17) is 0 Å². The minimum atomic E-state index is -3.60. The summed E-state index contributed by atoms with van der Waals surface area (Å²) in [6.07, 6.45) is 6.40. The van der Waals surface area contributed by atoms with E-state index in [2.05, 4.69) is 28.9 Å². The molecule has 0 bridgehead atoms. The van der Waals surface area contributed by atoms with Gasteiger partial charge in [0, 0.05) is 6.04 Å². The second-order valence-corrected chi connectivity index (χ2v) is 8.57. The first kappa shape index (κ1) is 17.7. The number of sulfonamides is 1. The molecule has 0 unspecified atom stereocenters. The van der Waals surface area contributed by atoms with Crippen molar-refractivity contribution >= 4 is 21.5 Å². The molecule has 3 rings (SSSR count). The molecule has 1 aliphatic rings. The van der Waals surface area contributed by atoms with E-state index in [1.54, 1.807) is 24.4 Å². The Morgan fingerprint density at radius 2 is 1.72 bits per heavy atom. The standard InChI is InChI=1S/C19H25N3O2S/c1-14(2)15-7-10-18(11-8-15)25(23,24)22-17-9-12-19(20-13-17)21-16-5-3-4-6-16/h7-14,16,22H,3-6H2,1-2H3,(H,20,21). The first-order valence-electron chi connectivity index (χ1n) is 8.79. The Labute approximate surface area is 149 Å². The van der Waals surface area contributed by atoms with Crippen LogP contribution in [0.3, 0.4) is 0 Å². The molecule has 1 saturated carbocycles. The van der Waals surface area contributed by atoms with E-state index in [1.807, 2.05) is 18.2 Å². The largest absolute Gasteiger partial charge is 0.367 e. The predicted molar refractivity (Wildman–Crippen MR) is 101 cm³/mol. The third kappa shape index (κ3) is 4.51. The summed E-state index contributed by atoms with van der Waals surface area (Å²) in [5, 5.41) is 3.39. The van der Waals surface area contributed by atoms with Crippen LogP contribution in [0.4, 0.5) is 11.5 Å². The molecule has 1 aromatic carbocycles. The molecule has 0 spiro atoms. The van der Waals surface area contributed by atoms with Gasteiger partial charge in [-0.25, -0.2) is 13.4 Å². The van der Waals surface area contributed by atoms with E-state index in [9.17, 15) is 8.42 Å². The Morgan fingerprint density at radius 3 is 2.28 bits per heavy atom. The lowest BCUT2D eigenvalue weighted by molar-refractivity contribution is 0.601. The third-order valence-corrected chi connectivity index (χ3v) is 5.98. The maximum absolute atomic E-state index is 12.5.